The number of rotatable bonds is 4. The minimum atomic E-state index is -0.420. The first-order valence-electron chi connectivity index (χ1n) is 4.97. The topological polar surface area (TPSA) is 44.5 Å². The number of nitrogens with two attached hydrogens (primary N) is 1. The molecule has 1 atom stereocenters. The number of hydrogen-bond acceptors (Lipinski definition) is 3. The van der Waals surface area contributed by atoms with Gasteiger partial charge >= 0.3 is 0 Å². The average Bonchev–Trinajstić information content (AvgIpc) is 2.28. The van der Waals surface area contributed by atoms with Crippen LogP contribution in [-0.4, -0.2) is 20.8 Å². The van der Waals surface area contributed by atoms with Gasteiger partial charge in [0.1, 0.15) is 11.4 Å². The van der Waals surface area contributed by atoms with E-state index in [1.54, 1.807) is 14.2 Å². The highest BCUT2D eigenvalue weighted by Gasteiger charge is 2.24. The SMILES string of the molecule is COc1ccc(C(C)(CN)OC)cc1C. The quantitative estimate of drug-likeness (QED) is 0.822. The Morgan fingerprint density at radius 3 is 2.40 bits per heavy atom. The van der Waals surface area contributed by atoms with Gasteiger partial charge in [-0.2, -0.15) is 0 Å². The standard InChI is InChI=1S/C12H19NO2/c1-9-7-10(5-6-11(9)14-3)12(2,8-13)15-4/h5-7H,8,13H2,1-4H3. The summed E-state index contributed by atoms with van der Waals surface area (Å²) in [6, 6.07) is 5.98. The molecular weight excluding hydrogens is 190 g/mol. The van der Waals surface area contributed by atoms with Crippen LogP contribution in [-0.2, 0) is 10.3 Å². The second kappa shape index (κ2) is 4.64. The van der Waals surface area contributed by atoms with E-state index in [-0.39, 0.29) is 0 Å². The molecule has 0 bridgehead atoms. The summed E-state index contributed by atoms with van der Waals surface area (Å²) in [4.78, 5) is 0. The van der Waals surface area contributed by atoms with Gasteiger partial charge in [0, 0.05) is 13.7 Å². The van der Waals surface area contributed by atoms with Gasteiger partial charge in [0.2, 0.25) is 0 Å². The van der Waals surface area contributed by atoms with Crippen LogP contribution in [0.4, 0.5) is 0 Å². The summed E-state index contributed by atoms with van der Waals surface area (Å²) >= 11 is 0. The maximum atomic E-state index is 5.71. The number of hydrogen-bond donors (Lipinski definition) is 1. The molecule has 2 N–H and O–H groups in total. The molecule has 84 valence electrons. The molecule has 0 aliphatic heterocycles. The van der Waals surface area contributed by atoms with Crippen molar-refractivity contribution in [3.05, 3.63) is 29.3 Å². The molecule has 1 rings (SSSR count). The van der Waals surface area contributed by atoms with Crippen molar-refractivity contribution in [1.82, 2.24) is 0 Å². The van der Waals surface area contributed by atoms with Crippen molar-refractivity contribution < 1.29 is 9.47 Å². The first-order chi connectivity index (χ1) is 7.07. The molecule has 0 aliphatic carbocycles. The molecule has 15 heavy (non-hydrogen) atoms. The lowest BCUT2D eigenvalue weighted by molar-refractivity contribution is 0.0100. The fourth-order valence-electron chi connectivity index (χ4n) is 1.53. The smallest absolute Gasteiger partial charge is 0.121 e. The summed E-state index contributed by atoms with van der Waals surface area (Å²) in [6.45, 7) is 4.44. The fraction of sp³-hybridized carbons (Fsp3) is 0.500. The molecular formula is C12H19NO2. The number of methoxy groups -OCH3 is 2. The summed E-state index contributed by atoms with van der Waals surface area (Å²) < 4.78 is 10.6. The Balaban J connectivity index is 3.11. The molecule has 1 aromatic carbocycles. The molecule has 0 fully saturated rings. The third kappa shape index (κ3) is 2.30. The van der Waals surface area contributed by atoms with E-state index in [1.165, 1.54) is 0 Å². The molecule has 3 nitrogen and oxygen atoms in total. The minimum absolute atomic E-state index is 0.420. The summed E-state index contributed by atoms with van der Waals surface area (Å²) in [7, 11) is 3.34. The van der Waals surface area contributed by atoms with E-state index in [4.69, 9.17) is 15.2 Å². The van der Waals surface area contributed by atoms with Crippen molar-refractivity contribution in [3.63, 3.8) is 0 Å². The van der Waals surface area contributed by atoms with Gasteiger partial charge in [0.25, 0.3) is 0 Å². The normalized spacial score (nSPS) is 14.7. The van der Waals surface area contributed by atoms with Crippen molar-refractivity contribution in [2.45, 2.75) is 19.4 Å². The lowest BCUT2D eigenvalue weighted by Gasteiger charge is -2.27. The summed E-state index contributed by atoms with van der Waals surface area (Å²) in [5.74, 6) is 0.884. The van der Waals surface area contributed by atoms with Crippen LogP contribution in [0.1, 0.15) is 18.1 Å². The van der Waals surface area contributed by atoms with Crippen molar-refractivity contribution in [1.29, 1.82) is 0 Å². The van der Waals surface area contributed by atoms with E-state index in [0.29, 0.717) is 6.54 Å². The monoisotopic (exact) mass is 209 g/mol. The van der Waals surface area contributed by atoms with E-state index in [1.807, 2.05) is 26.0 Å². The third-order valence-corrected chi connectivity index (χ3v) is 2.85. The van der Waals surface area contributed by atoms with Crippen molar-refractivity contribution in [3.8, 4) is 5.75 Å². The molecule has 0 radical (unpaired) electrons. The van der Waals surface area contributed by atoms with Crippen LogP contribution >= 0.6 is 0 Å². The second-order valence-electron chi connectivity index (χ2n) is 3.82. The first-order valence-corrected chi connectivity index (χ1v) is 4.97. The molecule has 0 saturated heterocycles. The van der Waals surface area contributed by atoms with E-state index >= 15 is 0 Å². The van der Waals surface area contributed by atoms with Gasteiger partial charge in [-0.1, -0.05) is 6.07 Å². The van der Waals surface area contributed by atoms with Crippen molar-refractivity contribution in [2.24, 2.45) is 5.73 Å². The van der Waals surface area contributed by atoms with Crippen LogP contribution < -0.4 is 10.5 Å². The highest BCUT2D eigenvalue weighted by molar-refractivity contribution is 5.38. The molecule has 1 aromatic rings. The van der Waals surface area contributed by atoms with Gasteiger partial charge in [-0.15, -0.1) is 0 Å². The van der Waals surface area contributed by atoms with Gasteiger partial charge in [0.15, 0.2) is 0 Å². The van der Waals surface area contributed by atoms with Gasteiger partial charge < -0.3 is 15.2 Å². The Hall–Kier alpha value is -1.06. The molecule has 0 heterocycles. The average molecular weight is 209 g/mol. The Kier molecular flexibility index (Phi) is 3.72. The summed E-state index contributed by atoms with van der Waals surface area (Å²) in [5.41, 5.74) is 7.46. The number of benzene rings is 1. The minimum Gasteiger partial charge on any atom is -0.496 e. The first kappa shape index (κ1) is 12.0. The molecule has 0 saturated carbocycles. The molecule has 0 spiro atoms. The molecule has 0 amide bonds. The van der Waals surface area contributed by atoms with Crippen LogP contribution in [0.2, 0.25) is 0 Å². The van der Waals surface area contributed by atoms with Crippen LogP contribution in [0.15, 0.2) is 18.2 Å². The lowest BCUT2D eigenvalue weighted by atomic mass is 9.94. The molecule has 0 aliphatic rings. The number of ether oxygens (including phenoxy) is 2. The van der Waals surface area contributed by atoms with Crippen molar-refractivity contribution in [2.75, 3.05) is 20.8 Å². The van der Waals surface area contributed by atoms with Crippen LogP contribution in [0.25, 0.3) is 0 Å². The predicted molar refractivity (Wildman–Crippen MR) is 61.1 cm³/mol. The van der Waals surface area contributed by atoms with E-state index in [2.05, 4.69) is 6.07 Å². The Morgan fingerprint density at radius 2 is 2.00 bits per heavy atom. The predicted octanol–water partition coefficient (Wildman–Crippen LogP) is 1.82. The summed E-state index contributed by atoms with van der Waals surface area (Å²) in [5, 5.41) is 0. The highest BCUT2D eigenvalue weighted by Crippen LogP contribution is 2.27. The zero-order chi connectivity index (χ0) is 11.5. The van der Waals surface area contributed by atoms with E-state index < -0.39 is 5.60 Å². The third-order valence-electron chi connectivity index (χ3n) is 2.85. The molecule has 3 heteroatoms. The van der Waals surface area contributed by atoms with Crippen LogP contribution in [0, 0.1) is 6.92 Å². The fourth-order valence-corrected chi connectivity index (χ4v) is 1.53. The summed E-state index contributed by atoms with van der Waals surface area (Å²) in [6.07, 6.45) is 0. The highest BCUT2D eigenvalue weighted by atomic mass is 16.5. The number of aryl methyl sites for hydroxylation is 1. The molecule has 1 unspecified atom stereocenters. The zero-order valence-electron chi connectivity index (χ0n) is 9.83. The maximum absolute atomic E-state index is 5.71. The van der Waals surface area contributed by atoms with Crippen LogP contribution in [0.3, 0.4) is 0 Å². The van der Waals surface area contributed by atoms with Gasteiger partial charge in [-0.3, -0.25) is 0 Å². The van der Waals surface area contributed by atoms with Gasteiger partial charge in [0.05, 0.1) is 7.11 Å². The van der Waals surface area contributed by atoms with E-state index in [9.17, 15) is 0 Å². The van der Waals surface area contributed by atoms with Crippen LogP contribution in [0.5, 0.6) is 5.75 Å². The zero-order valence-corrected chi connectivity index (χ0v) is 9.83. The van der Waals surface area contributed by atoms with E-state index in [0.717, 1.165) is 16.9 Å². The molecule has 0 aromatic heterocycles. The lowest BCUT2D eigenvalue weighted by Crippen LogP contribution is -2.33. The van der Waals surface area contributed by atoms with Gasteiger partial charge in [-0.25, -0.2) is 0 Å². The Bertz CT molecular complexity index is 332. The Labute approximate surface area is 91.2 Å². The second-order valence-corrected chi connectivity index (χ2v) is 3.82. The largest absolute Gasteiger partial charge is 0.496 e. The van der Waals surface area contributed by atoms with Gasteiger partial charge in [-0.05, 0) is 37.1 Å². The van der Waals surface area contributed by atoms with Crippen molar-refractivity contribution >= 4 is 0 Å². The maximum Gasteiger partial charge on any atom is 0.121 e. The Morgan fingerprint density at radius 1 is 1.33 bits per heavy atom.